The Morgan fingerprint density at radius 2 is 1.71 bits per heavy atom. The van der Waals surface area contributed by atoms with Gasteiger partial charge in [-0.1, -0.05) is 33.1 Å². The number of anilines is 1. The summed E-state index contributed by atoms with van der Waals surface area (Å²) in [5.41, 5.74) is 0.760. The van der Waals surface area contributed by atoms with Gasteiger partial charge in [-0.2, -0.15) is 0 Å². The van der Waals surface area contributed by atoms with Crippen LogP contribution in [0, 0.1) is 11.8 Å². The van der Waals surface area contributed by atoms with Gasteiger partial charge in [0.2, 0.25) is 11.8 Å². The molecule has 4 nitrogen and oxygen atoms in total. The van der Waals surface area contributed by atoms with E-state index in [1.54, 1.807) is 11.8 Å². The van der Waals surface area contributed by atoms with Gasteiger partial charge in [0.1, 0.15) is 6.04 Å². The Balaban J connectivity index is 1.97. The molecule has 5 heteroatoms. The fourth-order valence-corrected chi connectivity index (χ4v) is 3.47. The van der Waals surface area contributed by atoms with E-state index in [-0.39, 0.29) is 23.7 Å². The Bertz CT molecular complexity index is 551. The number of amides is 2. The molecule has 1 saturated carbocycles. The molecule has 24 heavy (non-hydrogen) atoms. The molecule has 0 aliphatic heterocycles. The zero-order valence-corrected chi connectivity index (χ0v) is 15.6. The van der Waals surface area contributed by atoms with Gasteiger partial charge in [0.25, 0.3) is 0 Å². The highest BCUT2D eigenvalue weighted by atomic mass is 32.2. The van der Waals surface area contributed by atoms with Gasteiger partial charge in [-0.3, -0.25) is 9.59 Å². The van der Waals surface area contributed by atoms with Crippen molar-refractivity contribution in [2.75, 3.05) is 11.6 Å². The zero-order chi connectivity index (χ0) is 17.5. The second-order valence-corrected chi connectivity index (χ2v) is 7.66. The molecule has 1 atom stereocenters. The average Bonchev–Trinajstić information content (AvgIpc) is 2.60. The molecule has 2 amide bonds. The van der Waals surface area contributed by atoms with Crippen LogP contribution in [0.2, 0.25) is 0 Å². The Morgan fingerprint density at radius 3 is 2.25 bits per heavy atom. The molecule has 0 radical (unpaired) electrons. The second-order valence-electron chi connectivity index (χ2n) is 6.78. The summed E-state index contributed by atoms with van der Waals surface area (Å²) in [6.45, 7) is 3.92. The number of nitrogens with one attached hydrogen (secondary N) is 2. The number of rotatable bonds is 6. The Morgan fingerprint density at radius 1 is 1.08 bits per heavy atom. The van der Waals surface area contributed by atoms with Gasteiger partial charge in [0.15, 0.2) is 0 Å². The smallest absolute Gasteiger partial charge is 0.247 e. The number of hydrogen-bond acceptors (Lipinski definition) is 3. The van der Waals surface area contributed by atoms with Gasteiger partial charge in [-0.05, 0) is 49.3 Å². The van der Waals surface area contributed by atoms with Crippen LogP contribution in [0.5, 0.6) is 0 Å². The van der Waals surface area contributed by atoms with Crippen molar-refractivity contribution in [3.05, 3.63) is 24.3 Å². The molecular weight excluding hydrogens is 320 g/mol. The summed E-state index contributed by atoms with van der Waals surface area (Å²) >= 11 is 1.66. The van der Waals surface area contributed by atoms with E-state index < -0.39 is 6.04 Å². The highest BCUT2D eigenvalue weighted by Crippen LogP contribution is 2.24. The summed E-state index contributed by atoms with van der Waals surface area (Å²) in [5, 5.41) is 5.89. The number of thioether (sulfide) groups is 1. The van der Waals surface area contributed by atoms with E-state index >= 15 is 0 Å². The largest absolute Gasteiger partial charge is 0.344 e. The van der Waals surface area contributed by atoms with Crippen LogP contribution >= 0.6 is 11.8 Å². The van der Waals surface area contributed by atoms with E-state index in [0.29, 0.717) is 0 Å². The lowest BCUT2D eigenvalue weighted by Crippen LogP contribution is -2.49. The standard InChI is InChI=1S/C19H28N2O2S/c1-13(2)17(21-18(22)14-7-5-4-6-8-14)19(23)20-15-9-11-16(24-3)12-10-15/h9-14,17H,4-8H2,1-3H3,(H,20,23)(H,21,22). The Hall–Kier alpha value is -1.49. The molecule has 1 aliphatic carbocycles. The normalized spacial score (nSPS) is 16.7. The number of carbonyl (C=O) groups excluding carboxylic acids is 2. The van der Waals surface area contributed by atoms with Crippen molar-refractivity contribution < 1.29 is 9.59 Å². The summed E-state index contributed by atoms with van der Waals surface area (Å²) < 4.78 is 0. The highest BCUT2D eigenvalue weighted by Gasteiger charge is 2.28. The summed E-state index contributed by atoms with van der Waals surface area (Å²) in [6, 6.07) is 7.24. The number of hydrogen-bond donors (Lipinski definition) is 2. The van der Waals surface area contributed by atoms with E-state index in [1.165, 1.54) is 6.42 Å². The van der Waals surface area contributed by atoms with E-state index in [2.05, 4.69) is 10.6 Å². The number of benzene rings is 1. The van der Waals surface area contributed by atoms with Gasteiger partial charge in [-0.15, -0.1) is 11.8 Å². The first kappa shape index (κ1) is 18.8. The maximum atomic E-state index is 12.6. The van der Waals surface area contributed by atoms with Crippen molar-refractivity contribution in [3.63, 3.8) is 0 Å². The highest BCUT2D eigenvalue weighted by molar-refractivity contribution is 7.98. The molecule has 2 N–H and O–H groups in total. The molecular formula is C19H28N2O2S. The maximum Gasteiger partial charge on any atom is 0.247 e. The van der Waals surface area contributed by atoms with E-state index in [0.717, 1.165) is 36.3 Å². The van der Waals surface area contributed by atoms with Gasteiger partial charge >= 0.3 is 0 Å². The third-order valence-corrected chi connectivity index (χ3v) is 5.32. The minimum atomic E-state index is -0.500. The molecule has 1 aromatic carbocycles. The summed E-state index contributed by atoms with van der Waals surface area (Å²) in [6.07, 6.45) is 7.33. The van der Waals surface area contributed by atoms with Crippen molar-refractivity contribution in [2.24, 2.45) is 11.8 Å². The average molecular weight is 349 g/mol. The van der Waals surface area contributed by atoms with E-state index in [1.807, 2.05) is 44.4 Å². The van der Waals surface area contributed by atoms with E-state index in [4.69, 9.17) is 0 Å². The maximum absolute atomic E-state index is 12.6. The van der Waals surface area contributed by atoms with Crippen molar-refractivity contribution in [1.29, 1.82) is 0 Å². The Kier molecular flexibility index (Phi) is 7.16. The first-order valence-corrected chi connectivity index (χ1v) is 9.99. The fraction of sp³-hybridized carbons (Fsp3) is 0.579. The van der Waals surface area contributed by atoms with Crippen LogP contribution in [-0.4, -0.2) is 24.1 Å². The summed E-state index contributed by atoms with van der Waals surface area (Å²) in [7, 11) is 0. The van der Waals surface area contributed by atoms with Crippen molar-refractivity contribution in [3.8, 4) is 0 Å². The minimum absolute atomic E-state index is 0.0290. The van der Waals surface area contributed by atoms with Crippen LogP contribution in [0.15, 0.2) is 29.2 Å². The fourth-order valence-electron chi connectivity index (χ4n) is 3.07. The van der Waals surface area contributed by atoms with Crippen LogP contribution in [-0.2, 0) is 9.59 Å². The molecule has 1 aliphatic rings. The molecule has 1 aromatic rings. The minimum Gasteiger partial charge on any atom is -0.344 e. The van der Waals surface area contributed by atoms with Gasteiger partial charge in [0, 0.05) is 16.5 Å². The lowest BCUT2D eigenvalue weighted by Gasteiger charge is -2.26. The third kappa shape index (κ3) is 5.26. The van der Waals surface area contributed by atoms with Crippen molar-refractivity contribution >= 4 is 29.3 Å². The van der Waals surface area contributed by atoms with Crippen LogP contribution in [0.4, 0.5) is 5.69 Å². The predicted molar refractivity (Wildman–Crippen MR) is 100 cm³/mol. The van der Waals surface area contributed by atoms with E-state index in [9.17, 15) is 9.59 Å². The van der Waals surface area contributed by atoms with Gasteiger partial charge in [0.05, 0.1) is 0 Å². The zero-order valence-electron chi connectivity index (χ0n) is 14.8. The second kappa shape index (κ2) is 9.11. The van der Waals surface area contributed by atoms with Gasteiger partial charge < -0.3 is 10.6 Å². The first-order chi connectivity index (χ1) is 11.5. The van der Waals surface area contributed by atoms with Crippen LogP contribution in [0.25, 0.3) is 0 Å². The van der Waals surface area contributed by atoms with Crippen LogP contribution < -0.4 is 10.6 Å². The van der Waals surface area contributed by atoms with Crippen molar-refractivity contribution in [1.82, 2.24) is 5.32 Å². The molecule has 1 unspecified atom stereocenters. The van der Waals surface area contributed by atoms with Crippen LogP contribution in [0.3, 0.4) is 0 Å². The molecule has 132 valence electrons. The van der Waals surface area contributed by atoms with Crippen molar-refractivity contribution in [2.45, 2.75) is 56.9 Å². The molecule has 2 rings (SSSR count). The monoisotopic (exact) mass is 348 g/mol. The Labute approximate surface area is 149 Å². The third-order valence-electron chi connectivity index (χ3n) is 4.58. The molecule has 0 bridgehead atoms. The SMILES string of the molecule is CSc1ccc(NC(=O)C(NC(=O)C2CCCCC2)C(C)C)cc1. The molecule has 0 heterocycles. The lowest BCUT2D eigenvalue weighted by molar-refractivity contribution is -0.130. The topological polar surface area (TPSA) is 58.2 Å². The first-order valence-electron chi connectivity index (χ1n) is 8.76. The lowest BCUT2D eigenvalue weighted by atomic mass is 9.88. The number of carbonyl (C=O) groups is 2. The quantitative estimate of drug-likeness (QED) is 0.762. The molecule has 1 fully saturated rings. The molecule has 0 saturated heterocycles. The summed E-state index contributed by atoms with van der Waals surface area (Å²) in [4.78, 5) is 26.2. The van der Waals surface area contributed by atoms with Gasteiger partial charge in [-0.25, -0.2) is 0 Å². The molecule has 0 spiro atoms. The predicted octanol–water partition coefficient (Wildman–Crippen LogP) is 4.07. The van der Waals surface area contributed by atoms with Crippen LogP contribution in [0.1, 0.15) is 46.0 Å². The summed E-state index contributed by atoms with van der Waals surface area (Å²) in [5.74, 6) is -0.0102. The molecule has 0 aromatic heterocycles.